The Morgan fingerprint density at radius 1 is 1.06 bits per heavy atom. The molecule has 2 aliphatic heterocycles. The van der Waals surface area contributed by atoms with Gasteiger partial charge in [-0.05, 0) is 54.3 Å². The van der Waals surface area contributed by atoms with Crippen LogP contribution in [0.3, 0.4) is 0 Å². The molecule has 0 fully saturated rings. The van der Waals surface area contributed by atoms with Crippen molar-refractivity contribution in [3.8, 4) is 11.5 Å². The largest absolute Gasteiger partial charge is 0.493 e. The van der Waals surface area contributed by atoms with Crippen molar-refractivity contribution < 1.29 is 24.0 Å². The highest BCUT2D eigenvalue weighted by Gasteiger charge is 2.46. The lowest BCUT2D eigenvalue weighted by Crippen LogP contribution is -2.49. The van der Waals surface area contributed by atoms with E-state index in [1.807, 2.05) is 12.1 Å². The average molecular weight is 488 g/mol. The van der Waals surface area contributed by atoms with Crippen molar-refractivity contribution in [1.82, 2.24) is 4.90 Å². The standard InChI is InChI=1S/C27H25N3O6/c1-15-20(9-6-10-21(15)30(33)34)28-26(31)24-17-7-4-5-8-18(17)27(32)29-12-11-16-13-22(35-2)23(36-3)14-19(16)25(24)29/h4-10,13-14,24-25H,11-12H2,1-3H3,(H,28,31)/t24-,25+/m1/s1. The number of fused-ring (bicyclic) bond motifs is 4. The maximum atomic E-state index is 13.9. The first-order chi connectivity index (χ1) is 17.3. The van der Waals surface area contributed by atoms with E-state index in [-0.39, 0.29) is 17.5 Å². The zero-order valence-corrected chi connectivity index (χ0v) is 20.1. The molecule has 2 atom stereocenters. The van der Waals surface area contributed by atoms with Crippen LogP contribution in [0.4, 0.5) is 11.4 Å². The summed E-state index contributed by atoms with van der Waals surface area (Å²) < 4.78 is 11.0. The first-order valence-corrected chi connectivity index (χ1v) is 11.5. The fourth-order valence-electron chi connectivity index (χ4n) is 5.30. The second kappa shape index (κ2) is 8.99. The van der Waals surface area contributed by atoms with Gasteiger partial charge in [-0.2, -0.15) is 0 Å². The summed E-state index contributed by atoms with van der Waals surface area (Å²) in [5.74, 6) is -0.129. The average Bonchev–Trinajstić information content (AvgIpc) is 2.88. The highest BCUT2D eigenvalue weighted by Crippen LogP contribution is 2.48. The van der Waals surface area contributed by atoms with E-state index in [1.165, 1.54) is 6.07 Å². The number of nitro groups is 1. The predicted octanol–water partition coefficient (Wildman–Crippen LogP) is 4.40. The molecule has 5 rings (SSSR count). The Morgan fingerprint density at radius 3 is 2.50 bits per heavy atom. The van der Waals surface area contributed by atoms with Crippen molar-refractivity contribution in [2.24, 2.45) is 0 Å². The van der Waals surface area contributed by atoms with Crippen LogP contribution in [0.1, 0.15) is 44.6 Å². The quantitative estimate of drug-likeness (QED) is 0.422. The summed E-state index contributed by atoms with van der Waals surface area (Å²) in [6.07, 6.45) is 0.610. The third-order valence-electron chi connectivity index (χ3n) is 7.07. The minimum Gasteiger partial charge on any atom is -0.493 e. The number of anilines is 1. The van der Waals surface area contributed by atoms with Crippen molar-refractivity contribution >= 4 is 23.2 Å². The molecule has 0 saturated heterocycles. The Balaban J connectivity index is 1.65. The van der Waals surface area contributed by atoms with Gasteiger partial charge in [0.1, 0.15) is 0 Å². The summed E-state index contributed by atoms with van der Waals surface area (Å²) in [6.45, 7) is 2.05. The van der Waals surface area contributed by atoms with Crippen molar-refractivity contribution in [3.05, 3.63) is 92.5 Å². The smallest absolute Gasteiger partial charge is 0.274 e. The SMILES string of the molecule is COc1cc2c(cc1OC)[C@H]1[C@H](C(=O)Nc3cccc([N+](=O)[O-])c3C)c3ccccc3C(=O)N1CC2. The maximum absolute atomic E-state index is 13.9. The van der Waals surface area contributed by atoms with Gasteiger partial charge in [-0.15, -0.1) is 0 Å². The van der Waals surface area contributed by atoms with Crippen LogP contribution in [0.25, 0.3) is 0 Å². The third-order valence-corrected chi connectivity index (χ3v) is 7.07. The molecule has 3 aromatic rings. The number of nitrogens with one attached hydrogen (secondary N) is 1. The highest BCUT2D eigenvalue weighted by molar-refractivity contribution is 6.05. The predicted molar refractivity (Wildman–Crippen MR) is 133 cm³/mol. The molecule has 0 spiro atoms. The first kappa shape index (κ1) is 23.3. The van der Waals surface area contributed by atoms with Gasteiger partial charge in [0.25, 0.3) is 11.6 Å². The van der Waals surface area contributed by atoms with Crippen LogP contribution >= 0.6 is 0 Å². The van der Waals surface area contributed by atoms with Crippen LogP contribution in [0, 0.1) is 17.0 Å². The number of amides is 2. The van der Waals surface area contributed by atoms with Gasteiger partial charge in [0, 0.05) is 18.2 Å². The molecule has 0 aliphatic carbocycles. The van der Waals surface area contributed by atoms with E-state index in [1.54, 1.807) is 62.4 Å². The third kappa shape index (κ3) is 3.64. The van der Waals surface area contributed by atoms with Crippen molar-refractivity contribution in [2.45, 2.75) is 25.3 Å². The van der Waals surface area contributed by atoms with Gasteiger partial charge >= 0.3 is 0 Å². The molecule has 2 heterocycles. The molecule has 184 valence electrons. The second-order valence-electron chi connectivity index (χ2n) is 8.86. The van der Waals surface area contributed by atoms with Gasteiger partial charge in [-0.25, -0.2) is 0 Å². The molecule has 1 N–H and O–H groups in total. The Labute approximate surface area is 207 Å². The number of hydrogen-bond acceptors (Lipinski definition) is 6. The van der Waals surface area contributed by atoms with Crippen LogP contribution in [-0.2, 0) is 11.2 Å². The Kier molecular flexibility index (Phi) is 5.83. The number of methoxy groups -OCH3 is 2. The molecule has 0 radical (unpaired) electrons. The molecule has 2 aliphatic rings. The van der Waals surface area contributed by atoms with Crippen LogP contribution < -0.4 is 14.8 Å². The Bertz CT molecular complexity index is 1400. The number of hydrogen-bond donors (Lipinski definition) is 1. The van der Waals surface area contributed by atoms with E-state index in [9.17, 15) is 19.7 Å². The Hall–Kier alpha value is -4.40. The molecule has 9 heteroatoms. The van der Waals surface area contributed by atoms with Gasteiger partial charge in [0.15, 0.2) is 11.5 Å². The lowest BCUT2D eigenvalue weighted by Gasteiger charge is -2.45. The lowest BCUT2D eigenvalue weighted by atomic mass is 9.75. The minimum absolute atomic E-state index is 0.0755. The number of nitrogens with zero attached hydrogens (tertiary/aromatic N) is 2. The maximum Gasteiger partial charge on any atom is 0.274 e. The van der Waals surface area contributed by atoms with Gasteiger partial charge in [0.05, 0.1) is 42.4 Å². The number of benzene rings is 3. The molecule has 0 aromatic heterocycles. The van der Waals surface area contributed by atoms with E-state index in [0.717, 1.165) is 11.1 Å². The van der Waals surface area contributed by atoms with Crippen LogP contribution in [-0.4, -0.2) is 42.4 Å². The fourth-order valence-corrected chi connectivity index (χ4v) is 5.30. The van der Waals surface area contributed by atoms with Crippen molar-refractivity contribution in [3.63, 3.8) is 0 Å². The number of carbonyl (C=O) groups is 2. The molecule has 0 bridgehead atoms. The number of nitro benzene ring substituents is 1. The molecule has 3 aromatic carbocycles. The van der Waals surface area contributed by atoms with Crippen molar-refractivity contribution in [2.75, 3.05) is 26.1 Å². The monoisotopic (exact) mass is 487 g/mol. The molecular weight excluding hydrogens is 462 g/mol. The molecule has 36 heavy (non-hydrogen) atoms. The summed E-state index contributed by atoms with van der Waals surface area (Å²) in [6, 6.07) is 14.9. The van der Waals surface area contributed by atoms with Crippen LogP contribution in [0.5, 0.6) is 11.5 Å². The Morgan fingerprint density at radius 2 is 1.78 bits per heavy atom. The normalized spacial score (nSPS) is 18.0. The van der Waals surface area contributed by atoms with E-state index < -0.39 is 16.9 Å². The van der Waals surface area contributed by atoms with Crippen molar-refractivity contribution in [1.29, 1.82) is 0 Å². The molecular formula is C27H25N3O6. The van der Waals surface area contributed by atoms with Crippen LogP contribution in [0.2, 0.25) is 0 Å². The zero-order valence-electron chi connectivity index (χ0n) is 20.1. The number of rotatable bonds is 5. The summed E-state index contributed by atoms with van der Waals surface area (Å²) in [5, 5.41) is 14.3. The first-order valence-electron chi connectivity index (χ1n) is 11.5. The summed E-state index contributed by atoms with van der Waals surface area (Å²) >= 11 is 0. The molecule has 2 amide bonds. The van der Waals surface area contributed by atoms with E-state index in [2.05, 4.69) is 5.32 Å². The summed E-state index contributed by atoms with van der Waals surface area (Å²) in [5.41, 5.74) is 3.54. The number of carbonyl (C=O) groups excluding carboxylic acids is 2. The van der Waals surface area contributed by atoms with E-state index >= 15 is 0 Å². The van der Waals surface area contributed by atoms with E-state index in [0.29, 0.717) is 46.8 Å². The van der Waals surface area contributed by atoms with E-state index in [4.69, 9.17) is 9.47 Å². The summed E-state index contributed by atoms with van der Waals surface area (Å²) in [7, 11) is 3.11. The molecule has 0 unspecified atom stereocenters. The summed E-state index contributed by atoms with van der Waals surface area (Å²) in [4.78, 5) is 40.1. The second-order valence-corrected chi connectivity index (χ2v) is 8.86. The zero-order chi connectivity index (χ0) is 25.6. The van der Waals surface area contributed by atoms with Gasteiger partial charge in [-0.1, -0.05) is 24.3 Å². The molecule has 9 nitrogen and oxygen atoms in total. The fraction of sp³-hybridized carbons (Fsp3) is 0.259. The highest BCUT2D eigenvalue weighted by atomic mass is 16.6. The molecule has 0 saturated carbocycles. The van der Waals surface area contributed by atoms with Gasteiger partial charge < -0.3 is 19.7 Å². The number of ether oxygens (including phenoxy) is 2. The van der Waals surface area contributed by atoms with Gasteiger partial charge in [0.2, 0.25) is 5.91 Å². The minimum atomic E-state index is -0.741. The topological polar surface area (TPSA) is 111 Å². The lowest BCUT2D eigenvalue weighted by molar-refractivity contribution is -0.385. The van der Waals surface area contributed by atoms with Crippen LogP contribution in [0.15, 0.2) is 54.6 Å². The van der Waals surface area contributed by atoms with Gasteiger partial charge in [-0.3, -0.25) is 19.7 Å².